The van der Waals surface area contributed by atoms with Crippen LogP contribution in [0.4, 0.5) is 8.78 Å². The lowest BCUT2D eigenvalue weighted by Crippen LogP contribution is -2.39. The van der Waals surface area contributed by atoms with Gasteiger partial charge < -0.3 is 9.84 Å². The number of carbonyl (C=O) groups is 1. The van der Waals surface area contributed by atoms with E-state index in [4.69, 9.17) is 16.3 Å². The number of rotatable bonds is 4. The third-order valence-electron chi connectivity index (χ3n) is 4.17. The Morgan fingerprint density at radius 3 is 2.48 bits per heavy atom. The molecule has 1 aromatic rings. The van der Waals surface area contributed by atoms with E-state index < -0.39 is 23.0 Å². The van der Waals surface area contributed by atoms with E-state index in [1.165, 1.54) is 13.2 Å². The summed E-state index contributed by atoms with van der Waals surface area (Å²) in [5, 5.41) is 9.56. The first-order valence-corrected chi connectivity index (χ1v) is 7.21. The van der Waals surface area contributed by atoms with E-state index >= 15 is 0 Å². The van der Waals surface area contributed by atoms with Crippen molar-refractivity contribution in [3.63, 3.8) is 0 Å². The van der Waals surface area contributed by atoms with Crippen LogP contribution in [0, 0.1) is 11.6 Å². The molecule has 1 fully saturated rings. The molecule has 0 bridgehead atoms. The van der Waals surface area contributed by atoms with Crippen molar-refractivity contribution in [2.24, 2.45) is 0 Å². The molecule has 0 saturated heterocycles. The Morgan fingerprint density at radius 1 is 1.33 bits per heavy atom. The Labute approximate surface area is 126 Å². The molecule has 2 rings (SSSR count). The van der Waals surface area contributed by atoms with Gasteiger partial charge in [0.25, 0.3) is 0 Å². The minimum Gasteiger partial charge on any atom is -0.481 e. The topological polar surface area (TPSA) is 46.5 Å². The zero-order chi connectivity index (χ0) is 15.6. The number of halogens is 3. The van der Waals surface area contributed by atoms with E-state index in [9.17, 15) is 18.7 Å². The molecule has 0 spiro atoms. The predicted octanol–water partition coefficient (Wildman–Crippen LogP) is 4.05. The number of aliphatic carboxylic acids is 1. The van der Waals surface area contributed by atoms with Crippen LogP contribution in [0.2, 0.25) is 5.02 Å². The third kappa shape index (κ3) is 2.77. The van der Waals surface area contributed by atoms with Crippen LogP contribution in [-0.2, 0) is 21.6 Å². The molecular weight excluding hydrogens is 302 g/mol. The molecule has 1 aliphatic carbocycles. The number of carboxylic acids is 1. The van der Waals surface area contributed by atoms with Gasteiger partial charge in [-0.2, -0.15) is 0 Å². The Hall–Kier alpha value is -1.20. The van der Waals surface area contributed by atoms with Gasteiger partial charge in [-0.3, -0.25) is 4.79 Å². The van der Waals surface area contributed by atoms with Crippen LogP contribution in [-0.4, -0.2) is 18.2 Å². The molecule has 0 atom stereocenters. The van der Waals surface area contributed by atoms with Gasteiger partial charge in [0.2, 0.25) is 0 Å². The average molecular weight is 319 g/mol. The number of ether oxygens (including phenoxy) is 1. The maximum Gasteiger partial charge on any atom is 0.314 e. The molecule has 0 amide bonds. The molecule has 1 aromatic carbocycles. The molecular formula is C15H17ClF2O3. The number of methoxy groups -OCH3 is 1. The summed E-state index contributed by atoms with van der Waals surface area (Å²) in [6.45, 7) is -0.165. The first-order valence-electron chi connectivity index (χ1n) is 6.83. The lowest BCUT2D eigenvalue weighted by molar-refractivity contribution is -0.145. The Bertz CT molecular complexity index is 554. The van der Waals surface area contributed by atoms with E-state index in [0.29, 0.717) is 25.7 Å². The van der Waals surface area contributed by atoms with Crippen LogP contribution < -0.4 is 0 Å². The standard InChI is InChI=1S/C15H17ClF2O3/c1-21-8-9-11(16)7-10(13(18)12(9)17)15(14(19)20)5-3-2-4-6-15/h7H,2-6,8H2,1H3,(H,19,20). The van der Waals surface area contributed by atoms with Crippen molar-refractivity contribution in [2.45, 2.75) is 44.1 Å². The van der Waals surface area contributed by atoms with Crippen LogP contribution in [0.1, 0.15) is 43.2 Å². The van der Waals surface area contributed by atoms with E-state index in [1.807, 2.05) is 0 Å². The molecule has 0 unspecified atom stereocenters. The van der Waals surface area contributed by atoms with Gasteiger partial charge in [0.15, 0.2) is 11.6 Å². The van der Waals surface area contributed by atoms with Crippen LogP contribution >= 0.6 is 11.6 Å². The molecule has 1 aliphatic rings. The Morgan fingerprint density at radius 2 is 1.95 bits per heavy atom. The van der Waals surface area contributed by atoms with Gasteiger partial charge in [-0.15, -0.1) is 0 Å². The molecule has 6 heteroatoms. The average Bonchev–Trinajstić information content (AvgIpc) is 2.48. The first-order chi connectivity index (χ1) is 9.94. The second-order valence-electron chi connectivity index (χ2n) is 5.39. The summed E-state index contributed by atoms with van der Waals surface area (Å²) >= 11 is 5.99. The molecule has 0 radical (unpaired) electrons. The Balaban J connectivity index is 2.59. The van der Waals surface area contributed by atoms with Crippen molar-refractivity contribution >= 4 is 17.6 Å². The highest BCUT2D eigenvalue weighted by Gasteiger charge is 2.44. The molecule has 0 aromatic heterocycles. The Kier molecular flexibility index (Phi) is 4.84. The number of hydrogen-bond acceptors (Lipinski definition) is 2. The fraction of sp³-hybridized carbons (Fsp3) is 0.533. The van der Waals surface area contributed by atoms with Gasteiger partial charge in [-0.1, -0.05) is 30.9 Å². The maximum absolute atomic E-state index is 14.4. The number of hydrogen-bond donors (Lipinski definition) is 1. The zero-order valence-electron chi connectivity index (χ0n) is 11.7. The van der Waals surface area contributed by atoms with Gasteiger partial charge in [0.1, 0.15) is 0 Å². The molecule has 0 aliphatic heterocycles. The van der Waals surface area contributed by atoms with E-state index in [-0.39, 0.29) is 22.8 Å². The van der Waals surface area contributed by atoms with Crippen LogP contribution in [0.25, 0.3) is 0 Å². The van der Waals surface area contributed by atoms with Gasteiger partial charge >= 0.3 is 5.97 Å². The minimum absolute atomic E-state index is 0.00283. The maximum atomic E-state index is 14.4. The number of benzene rings is 1. The molecule has 116 valence electrons. The van der Waals surface area contributed by atoms with E-state index in [1.54, 1.807) is 0 Å². The van der Waals surface area contributed by atoms with E-state index in [0.717, 1.165) is 6.42 Å². The van der Waals surface area contributed by atoms with Crippen molar-refractivity contribution in [1.29, 1.82) is 0 Å². The van der Waals surface area contributed by atoms with Crippen LogP contribution in [0.15, 0.2) is 6.07 Å². The summed E-state index contributed by atoms with van der Waals surface area (Å²) < 4.78 is 33.4. The molecule has 0 heterocycles. The van der Waals surface area contributed by atoms with Crippen LogP contribution in [0.3, 0.4) is 0 Å². The summed E-state index contributed by atoms with van der Waals surface area (Å²) in [5.74, 6) is -3.38. The fourth-order valence-corrected chi connectivity index (χ4v) is 3.26. The predicted molar refractivity (Wildman–Crippen MR) is 74.5 cm³/mol. The second-order valence-corrected chi connectivity index (χ2v) is 5.80. The quantitative estimate of drug-likeness (QED) is 0.852. The molecule has 1 N–H and O–H groups in total. The summed E-state index contributed by atoms with van der Waals surface area (Å²) in [5.41, 5.74) is -1.63. The minimum atomic E-state index is -1.39. The summed E-state index contributed by atoms with van der Waals surface area (Å²) in [4.78, 5) is 11.7. The largest absolute Gasteiger partial charge is 0.481 e. The highest BCUT2D eigenvalue weighted by Crippen LogP contribution is 2.43. The lowest BCUT2D eigenvalue weighted by Gasteiger charge is -2.34. The van der Waals surface area contributed by atoms with Crippen molar-refractivity contribution in [1.82, 2.24) is 0 Å². The summed E-state index contributed by atoms with van der Waals surface area (Å²) in [6.07, 6.45) is 2.82. The van der Waals surface area contributed by atoms with Gasteiger partial charge in [-0.25, -0.2) is 8.78 Å². The first kappa shape index (κ1) is 16.2. The lowest BCUT2D eigenvalue weighted by atomic mass is 9.69. The van der Waals surface area contributed by atoms with Gasteiger partial charge in [-0.05, 0) is 18.9 Å². The SMILES string of the molecule is COCc1c(Cl)cc(C2(C(=O)O)CCCCC2)c(F)c1F. The molecule has 3 nitrogen and oxygen atoms in total. The summed E-state index contributed by atoms with van der Waals surface area (Å²) in [7, 11) is 1.35. The molecule has 1 saturated carbocycles. The normalized spacial score (nSPS) is 17.7. The summed E-state index contributed by atoms with van der Waals surface area (Å²) in [6, 6.07) is 1.24. The monoisotopic (exact) mass is 318 g/mol. The highest BCUT2D eigenvalue weighted by atomic mass is 35.5. The van der Waals surface area contributed by atoms with Crippen LogP contribution in [0.5, 0.6) is 0 Å². The van der Waals surface area contributed by atoms with Gasteiger partial charge in [0, 0.05) is 23.3 Å². The third-order valence-corrected chi connectivity index (χ3v) is 4.51. The smallest absolute Gasteiger partial charge is 0.314 e. The van der Waals surface area contributed by atoms with Crippen molar-refractivity contribution in [3.05, 3.63) is 33.9 Å². The van der Waals surface area contributed by atoms with Crippen molar-refractivity contribution in [3.8, 4) is 0 Å². The molecule has 21 heavy (non-hydrogen) atoms. The highest BCUT2D eigenvalue weighted by molar-refractivity contribution is 6.31. The number of carboxylic acid groups (broad SMARTS) is 1. The van der Waals surface area contributed by atoms with Gasteiger partial charge in [0.05, 0.1) is 12.0 Å². The van der Waals surface area contributed by atoms with Crippen molar-refractivity contribution < 1.29 is 23.4 Å². The van der Waals surface area contributed by atoms with E-state index in [2.05, 4.69) is 0 Å². The van der Waals surface area contributed by atoms with Crippen molar-refractivity contribution in [2.75, 3.05) is 7.11 Å². The second kappa shape index (κ2) is 6.28. The zero-order valence-corrected chi connectivity index (χ0v) is 12.5. The fourth-order valence-electron chi connectivity index (χ4n) is 3.01.